The van der Waals surface area contributed by atoms with Gasteiger partial charge in [-0.15, -0.1) is 0 Å². The summed E-state index contributed by atoms with van der Waals surface area (Å²) in [5.41, 5.74) is -0.949. The lowest BCUT2D eigenvalue weighted by Gasteiger charge is -2.33. The van der Waals surface area contributed by atoms with Gasteiger partial charge in [-0.3, -0.25) is 14.4 Å². The molecule has 0 radical (unpaired) electrons. The highest BCUT2D eigenvalue weighted by Gasteiger charge is 2.27. The van der Waals surface area contributed by atoms with Crippen molar-refractivity contribution in [1.82, 2.24) is 20.2 Å². The highest BCUT2D eigenvalue weighted by atomic mass is 19.1. The Balaban J connectivity index is 1.67. The summed E-state index contributed by atoms with van der Waals surface area (Å²) in [6.45, 7) is 4.73. The van der Waals surface area contributed by atoms with Crippen LogP contribution in [0.2, 0.25) is 0 Å². The van der Waals surface area contributed by atoms with E-state index in [-0.39, 0.29) is 29.4 Å². The molecule has 3 rings (SSSR count). The molecule has 2 N–H and O–H groups in total. The molecule has 0 aliphatic carbocycles. The molecule has 10 heteroatoms. The average Bonchev–Trinajstić information content (AvgIpc) is 2.74. The summed E-state index contributed by atoms with van der Waals surface area (Å²) < 4.78 is 27.7. The van der Waals surface area contributed by atoms with Gasteiger partial charge in [-0.1, -0.05) is 19.9 Å². The number of anilines is 1. The van der Waals surface area contributed by atoms with Crippen molar-refractivity contribution in [2.75, 3.05) is 18.4 Å². The molecule has 8 nitrogen and oxygen atoms in total. The van der Waals surface area contributed by atoms with E-state index in [0.29, 0.717) is 25.9 Å². The van der Waals surface area contributed by atoms with Crippen LogP contribution in [-0.4, -0.2) is 51.7 Å². The Hall–Kier alpha value is -3.43. The molecule has 164 valence electrons. The van der Waals surface area contributed by atoms with Gasteiger partial charge in [0.2, 0.25) is 5.91 Å². The number of likely N-dealkylation sites (tertiary alicyclic amines) is 1. The van der Waals surface area contributed by atoms with E-state index < -0.39 is 29.0 Å². The van der Waals surface area contributed by atoms with E-state index >= 15 is 0 Å². The molecule has 1 saturated heterocycles. The van der Waals surface area contributed by atoms with Crippen molar-refractivity contribution in [2.24, 2.45) is 5.92 Å². The van der Waals surface area contributed by atoms with Crippen LogP contribution in [0.15, 0.2) is 30.6 Å². The number of carbonyl (C=O) groups excluding carboxylic acids is 3. The van der Waals surface area contributed by atoms with E-state index in [1.807, 2.05) is 13.8 Å². The van der Waals surface area contributed by atoms with Crippen molar-refractivity contribution in [3.05, 3.63) is 53.5 Å². The summed E-state index contributed by atoms with van der Waals surface area (Å²) in [6.07, 6.45) is 3.68. The van der Waals surface area contributed by atoms with E-state index in [4.69, 9.17) is 0 Å². The second kappa shape index (κ2) is 9.59. The van der Waals surface area contributed by atoms with Crippen LogP contribution in [0, 0.1) is 17.6 Å². The SMILES string of the molecule is CC(C)C(=O)N1CCC(NC(=O)c2nccnc2NC(=O)c2c(F)cccc2F)CC1. The maximum Gasteiger partial charge on any atom is 0.273 e. The first-order chi connectivity index (χ1) is 14.8. The Bertz CT molecular complexity index is 970. The van der Waals surface area contributed by atoms with Crippen LogP contribution in [0.3, 0.4) is 0 Å². The molecule has 0 bridgehead atoms. The van der Waals surface area contributed by atoms with Gasteiger partial charge in [-0.2, -0.15) is 0 Å². The summed E-state index contributed by atoms with van der Waals surface area (Å²) in [5, 5.41) is 5.08. The average molecular weight is 431 g/mol. The summed E-state index contributed by atoms with van der Waals surface area (Å²) in [7, 11) is 0. The van der Waals surface area contributed by atoms with Gasteiger partial charge >= 0.3 is 0 Å². The number of benzene rings is 1. The molecule has 0 unspecified atom stereocenters. The van der Waals surface area contributed by atoms with Gasteiger partial charge in [0.1, 0.15) is 17.2 Å². The molecule has 1 aliphatic heterocycles. The maximum absolute atomic E-state index is 13.9. The van der Waals surface area contributed by atoms with Crippen LogP contribution in [0.5, 0.6) is 0 Å². The first-order valence-corrected chi connectivity index (χ1v) is 9.94. The lowest BCUT2D eigenvalue weighted by Crippen LogP contribution is -2.47. The minimum atomic E-state index is -1.08. The molecule has 1 aromatic carbocycles. The predicted octanol–water partition coefficient (Wildman–Crippen LogP) is 2.38. The minimum Gasteiger partial charge on any atom is -0.348 e. The van der Waals surface area contributed by atoms with E-state index in [0.717, 1.165) is 18.2 Å². The van der Waals surface area contributed by atoms with Gasteiger partial charge in [-0.25, -0.2) is 18.7 Å². The maximum atomic E-state index is 13.9. The molecule has 2 aromatic rings. The van der Waals surface area contributed by atoms with Crippen molar-refractivity contribution < 1.29 is 23.2 Å². The Morgan fingerprint density at radius 2 is 1.65 bits per heavy atom. The molecular weight excluding hydrogens is 408 g/mol. The molecule has 1 aromatic heterocycles. The standard InChI is InChI=1S/C21H23F2N5O3/c1-12(2)21(31)28-10-6-13(7-11-28)26-20(30)17-18(25-9-8-24-17)27-19(29)16-14(22)4-3-5-15(16)23/h3-5,8-9,12-13H,6-7,10-11H2,1-2H3,(H,26,30)(H,25,27,29). The third-order valence-corrected chi connectivity index (χ3v) is 4.97. The lowest BCUT2D eigenvalue weighted by molar-refractivity contribution is -0.135. The molecule has 31 heavy (non-hydrogen) atoms. The first kappa shape index (κ1) is 22.3. The van der Waals surface area contributed by atoms with Gasteiger partial charge < -0.3 is 15.5 Å². The number of nitrogens with one attached hydrogen (secondary N) is 2. The third kappa shape index (κ3) is 5.19. The predicted molar refractivity (Wildman–Crippen MR) is 108 cm³/mol. The topological polar surface area (TPSA) is 104 Å². The number of halogens is 2. The molecule has 1 fully saturated rings. The van der Waals surface area contributed by atoms with Gasteiger partial charge in [0.15, 0.2) is 11.5 Å². The van der Waals surface area contributed by atoms with E-state index in [1.165, 1.54) is 12.4 Å². The van der Waals surface area contributed by atoms with Crippen molar-refractivity contribution in [3.63, 3.8) is 0 Å². The van der Waals surface area contributed by atoms with Crippen LogP contribution in [0.4, 0.5) is 14.6 Å². The molecule has 0 spiro atoms. The molecular formula is C21H23F2N5O3. The Labute approximate surface area is 178 Å². The van der Waals surface area contributed by atoms with Gasteiger partial charge in [-0.05, 0) is 25.0 Å². The van der Waals surface area contributed by atoms with E-state index in [9.17, 15) is 23.2 Å². The van der Waals surface area contributed by atoms with Crippen LogP contribution in [0.25, 0.3) is 0 Å². The fraction of sp³-hybridized carbons (Fsp3) is 0.381. The van der Waals surface area contributed by atoms with Crippen LogP contribution >= 0.6 is 0 Å². The van der Waals surface area contributed by atoms with Crippen LogP contribution < -0.4 is 10.6 Å². The minimum absolute atomic E-state index is 0.0732. The molecule has 0 atom stereocenters. The highest BCUT2D eigenvalue weighted by Crippen LogP contribution is 2.17. The number of aromatic nitrogens is 2. The summed E-state index contributed by atoms with van der Waals surface area (Å²) in [6, 6.07) is 2.87. The largest absolute Gasteiger partial charge is 0.348 e. The summed E-state index contributed by atoms with van der Waals surface area (Å²) in [5.74, 6) is -3.94. The van der Waals surface area contributed by atoms with E-state index in [2.05, 4.69) is 20.6 Å². The zero-order valence-corrected chi connectivity index (χ0v) is 17.2. The number of hydrogen-bond acceptors (Lipinski definition) is 5. The normalized spacial score (nSPS) is 14.4. The zero-order chi connectivity index (χ0) is 22.5. The van der Waals surface area contributed by atoms with Crippen molar-refractivity contribution >= 4 is 23.5 Å². The van der Waals surface area contributed by atoms with Crippen LogP contribution in [-0.2, 0) is 4.79 Å². The zero-order valence-electron chi connectivity index (χ0n) is 17.2. The fourth-order valence-electron chi connectivity index (χ4n) is 3.34. The van der Waals surface area contributed by atoms with Crippen molar-refractivity contribution in [3.8, 4) is 0 Å². The van der Waals surface area contributed by atoms with Gasteiger partial charge in [0.05, 0.1) is 0 Å². The number of piperidine rings is 1. The smallest absolute Gasteiger partial charge is 0.273 e. The summed E-state index contributed by atoms with van der Waals surface area (Å²) in [4.78, 5) is 46.8. The Morgan fingerprint density at radius 3 is 2.26 bits per heavy atom. The van der Waals surface area contributed by atoms with Crippen molar-refractivity contribution in [1.29, 1.82) is 0 Å². The first-order valence-electron chi connectivity index (χ1n) is 9.94. The second-order valence-corrected chi connectivity index (χ2v) is 7.53. The molecule has 0 saturated carbocycles. The Kier molecular flexibility index (Phi) is 6.88. The number of amides is 3. The fourth-order valence-corrected chi connectivity index (χ4v) is 3.34. The second-order valence-electron chi connectivity index (χ2n) is 7.53. The van der Waals surface area contributed by atoms with E-state index in [1.54, 1.807) is 4.90 Å². The van der Waals surface area contributed by atoms with Gasteiger partial charge in [0, 0.05) is 37.4 Å². The monoisotopic (exact) mass is 431 g/mol. The lowest BCUT2D eigenvalue weighted by atomic mass is 10.0. The number of rotatable bonds is 5. The van der Waals surface area contributed by atoms with Gasteiger partial charge in [0.25, 0.3) is 11.8 Å². The quantitative estimate of drug-likeness (QED) is 0.757. The number of carbonyl (C=O) groups is 3. The third-order valence-electron chi connectivity index (χ3n) is 4.97. The molecule has 3 amide bonds. The molecule has 1 aliphatic rings. The number of nitrogens with zero attached hydrogens (tertiary/aromatic N) is 3. The summed E-state index contributed by atoms with van der Waals surface area (Å²) >= 11 is 0. The molecule has 2 heterocycles. The van der Waals surface area contributed by atoms with Crippen LogP contribution in [0.1, 0.15) is 47.5 Å². The van der Waals surface area contributed by atoms with Crippen molar-refractivity contribution in [2.45, 2.75) is 32.7 Å². The highest BCUT2D eigenvalue weighted by molar-refractivity contribution is 6.07. The Morgan fingerprint density at radius 1 is 1.03 bits per heavy atom. The number of hydrogen-bond donors (Lipinski definition) is 2.